The number of nitrogens with zero attached hydrogens (tertiary/aromatic N) is 3. The van der Waals surface area contributed by atoms with Gasteiger partial charge in [-0.05, 0) is 0 Å². The summed E-state index contributed by atoms with van der Waals surface area (Å²) < 4.78 is 0. The Bertz CT molecular complexity index is 112. The van der Waals surface area contributed by atoms with Gasteiger partial charge in [-0.1, -0.05) is 16.2 Å². The van der Waals surface area contributed by atoms with Crippen LogP contribution in [0.4, 0.5) is 0 Å². The Morgan fingerprint density at radius 2 is 0.700 bits per heavy atom. The van der Waals surface area contributed by atoms with Crippen LogP contribution >= 0.6 is 0 Å². The molecule has 0 N–H and O–H groups in total. The molecule has 3 nitrogen and oxygen atoms in total. The van der Waals surface area contributed by atoms with Gasteiger partial charge in [-0.2, -0.15) is 0 Å². The van der Waals surface area contributed by atoms with Crippen LogP contribution in [-0.4, -0.2) is 0 Å². The summed E-state index contributed by atoms with van der Waals surface area (Å²) in [5.41, 5.74) is 0. The van der Waals surface area contributed by atoms with Crippen LogP contribution < -0.4 is 0 Å². The minimum absolute atomic E-state index is 0. The first kappa shape index (κ1) is 22.5. The van der Waals surface area contributed by atoms with Crippen molar-refractivity contribution in [3.05, 3.63) is 0 Å². The van der Waals surface area contributed by atoms with E-state index in [2.05, 4.69) is 37.9 Å². The molecule has 0 atom stereocenters. The molecule has 1 radical (unpaired) electrons. The Morgan fingerprint density at radius 3 is 0.700 bits per heavy atom. The van der Waals surface area contributed by atoms with E-state index in [4.69, 9.17) is 15.8 Å². The summed E-state index contributed by atoms with van der Waals surface area (Å²) in [4.78, 5) is 0. The number of thiocyanates is 3. The van der Waals surface area contributed by atoms with E-state index in [1.807, 2.05) is 0 Å². The predicted octanol–water partition coefficient (Wildman–Crippen LogP) is 0.0406. The van der Waals surface area contributed by atoms with Gasteiger partial charge in [0, 0.05) is 0 Å². The fraction of sp³-hybridized carbons (Fsp3) is 0. The van der Waals surface area contributed by atoms with Gasteiger partial charge in [0.25, 0.3) is 0 Å². The Labute approximate surface area is 91.1 Å². The summed E-state index contributed by atoms with van der Waals surface area (Å²) >= 11 is 11.1. The van der Waals surface area contributed by atoms with Crippen LogP contribution in [0.3, 0.4) is 0 Å². The molecule has 0 spiro atoms. The molecule has 0 aromatic heterocycles. The smallest absolute Gasteiger partial charge is 0.696 e. The van der Waals surface area contributed by atoms with Crippen molar-refractivity contribution >= 4 is 37.9 Å². The topological polar surface area (TPSA) is 71.4 Å². The number of hydrogen-bond acceptors (Lipinski definition) is 6. The normalized spacial score (nSPS) is 2.10. The molecule has 0 aliphatic rings. The fourth-order valence-electron chi connectivity index (χ4n) is 0. The van der Waals surface area contributed by atoms with Gasteiger partial charge in [0.15, 0.2) is 0 Å². The van der Waals surface area contributed by atoms with E-state index < -0.39 is 0 Å². The summed E-state index contributed by atoms with van der Waals surface area (Å²) in [6.07, 6.45) is 0. The molecule has 0 saturated heterocycles. The average molecular weight is 222 g/mol. The molecule has 49 valence electrons. The molecular formula is C3N3S3Ti. The second-order valence-corrected chi connectivity index (χ2v) is 0.822. The van der Waals surface area contributed by atoms with Crippen molar-refractivity contribution in [3.63, 3.8) is 0 Å². The summed E-state index contributed by atoms with van der Waals surface area (Å²) in [7, 11) is 0. The van der Waals surface area contributed by atoms with Gasteiger partial charge in [0.05, 0.1) is 0 Å². The summed E-state index contributed by atoms with van der Waals surface area (Å²) in [6.45, 7) is 0. The Morgan fingerprint density at radius 1 is 0.700 bits per heavy atom. The van der Waals surface area contributed by atoms with Crippen LogP contribution in [0.1, 0.15) is 0 Å². The van der Waals surface area contributed by atoms with E-state index in [9.17, 15) is 0 Å². The van der Waals surface area contributed by atoms with Crippen molar-refractivity contribution in [2.75, 3.05) is 0 Å². The second kappa shape index (κ2) is 67.3. The van der Waals surface area contributed by atoms with E-state index in [-0.39, 0.29) is 21.7 Å². The van der Waals surface area contributed by atoms with Gasteiger partial charge in [-0.15, -0.1) is 0 Å². The van der Waals surface area contributed by atoms with Crippen LogP contribution in [0.25, 0.3) is 0 Å². The SMILES string of the molecule is N#C[S-].N#C[S-].N#C[S-].[Ti+3]. The quantitative estimate of drug-likeness (QED) is 0.327. The molecule has 0 heterocycles. The summed E-state index contributed by atoms with van der Waals surface area (Å²) in [6, 6.07) is 0. The van der Waals surface area contributed by atoms with Crippen LogP contribution in [0.2, 0.25) is 0 Å². The Balaban J connectivity index is -0.0000000257. The Hall–Kier alpha value is -0.156. The third-order valence-corrected chi connectivity index (χ3v) is 0. The Kier molecular flexibility index (Phi) is 152. The molecule has 0 aliphatic carbocycles. The van der Waals surface area contributed by atoms with Crippen LogP contribution in [0.15, 0.2) is 0 Å². The zero-order chi connectivity index (χ0) is 8.12. The van der Waals surface area contributed by atoms with Crippen molar-refractivity contribution in [2.45, 2.75) is 0 Å². The van der Waals surface area contributed by atoms with Crippen molar-refractivity contribution in [3.8, 4) is 16.2 Å². The van der Waals surface area contributed by atoms with E-state index in [0.717, 1.165) is 0 Å². The molecular weight excluding hydrogens is 222 g/mol. The molecule has 0 rings (SSSR count). The first-order valence-electron chi connectivity index (χ1n) is 1.28. The molecule has 7 heteroatoms. The molecule has 0 unspecified atom stereocenters. The van der Waals surface area contributed by atoms with Gasteiger partial charge >= 0.3 is 21.7 Å². The van der Waals surface area contributed by atoms with E-state index >= 15 is 0 Å². The van der Waals surface area contributed by atoms with E-state index in [1.54, 1.807) is 0 Å². The maximum atomic E-state index is 7.13. The molecule has 0 amide bonds. The van der Waals surface area contributed by atoms with Gasteiger partial charge in [-0.25, -0.2) is 15.8 Å². The molecule has 0 saturated carbocycles. The van der Waals surface area contributed by atoms with Gasteiger partial charge in [0.2, 0.25) is 0 Å². The summed E-state index contributed by atoms with van der Waals surface area (Å²) in [5, 5.41) is 25.4. The summed E-state index contributed by atoms with van der Waals surface area (Å²) in [5.74, 6) is 0. The standard InChI is InChI=1S/3CHNS.Ti/c3*2-1-3;/h3*3H;/q;;;+3/p-3. The monoisotopic (exact) mass is 222 g/mol. The molecule has 0 fully saturated rings. The number of nitriles is 3. The molecule has 0 aromatic rings. The van der Waals surface area contributed by atoms with Crippen molar-refractivity contribution < 1.29 is 21.7 Å². The maximum Gasteiger partial charge on any atom is 3.00 e. The van der Waals surface area contributed by atoms with Gasteiger partial charge in [-0.3, -0.25) is 0 Å². The number of rotatable bonds is 0. The number of hydrogen-bond donors (Lipinski definition) is 0. The van der Waals surface area contributed by atoms with Crippen LogP contribution in [0, 0.1) is 32.0 Å². The van der Waals surface area contributed by atoms with Crippen LogP contribution in [0.5, 0.6) is 0 Å². The first-order valence-corrected chi connectivity index (χ1v) is 2.51. The first-order chi connectivity index (χ1) is 4.24. The molecule has 0 aromatic carbocycles. The predicted molar refractivity (Wildman–Crippen MR) is 38.9 cm³/mol. The van der Waals surface area contributed by atoms with Crippen molar-refractivity contribution in [1.82, 2.24) is 0 Å². The molecule has 10 heavy (non-hydrogen) atoms. The average Bonchev–Trinajstić information content (AvgIpc) is 1.70. The maximum absolute atomic E-state index is 7.13. The van der Waals surface area contributed by atoms with Crippen molar-refractivity contribution in [2.24, 2.45) is 0 Å². The van der Waals surface area contributed by atoms with E-state index in [0.29, 0.717) is 0 Å². The minimum atomic E-state index is 0. The van der Waals surface area contributed by atoms with Gasteiger partial charge < -0.3 is 37.9 Å². The third kappa shape index (κ3) is 15200. The zero-order valence-electron chi connectivity index (χ0n) is 4.57. The zero-order valence-corrected chi connectivity index (χ0v) is 8.58. The second-order valence-electron chi connectivity index (χ2n) is 0.274. The third-order valence-electron chi connectivity index (χ3n) is 0. The van der Waals surface area contributed by atoms with Crippen molar-refractivity contribution in [1.29, 1.82) is 15.8 Å². The van der Waals surface area contributed by atoms with E-state index in [1.165, 1.54) is 16.2 Å². The largest absolute Gasteiger partial charge is 3.00 e. The minimum Gasteiger partial charge on any atom is -0.696 e. The molecule has 0 bridgehead atoms. The van der Waals surface area contributed by atoms with Gasteiger partial charge in [0.1, 0.15) is 0 Å². The van der Waals surface area contributed by atoms with Crippen LogP contribution in [-0.2, 0) is 59.6 Å². The molecule has 0 aliphatic heterocycles. The fourth-order valence-corrected chi connectivity index (χ4v) is 0.